The lowest BCUT2D eigenvalue weighted by Gasteiger charge is -2.51. The summed E-state index contributed by atoms with van der Waals surface area (Å²) in [5.74, 6) is 0.505. The highest BCUT2D eigenvalue weighted by Gasteiger charge is 2.49. The van der Waals surface area contributed by atoms with Crippen molar-refractivity contribution in [2.75, 3.05) is 6.54 Å². The molecule has 4 atom stereocenters. The number of fused-ring (bicyclic) bond motifs is 1. The van der Waals surface area contributed by atoms with Crippen molar-refractivity contribution in [1.82, 2.24) is 5.32 Å². The van der Waals surface area contributed by atoms with Gasteiger partial charge in [-0.1, -0.05) is 19.1 Å². The number of halogens is 1. The van der Waals surface area contributed by atoms with Crippen LogP contribution in [0.15, 0.2) is 24.5 Å². The van der Waals surface area contributed by atoms with Crippen LogP contribution in [0.2, 0.25) is 0 Å². The Labute approximate surface area is 122 Å². The zero-order chi connectivity index (χ0) is 15.0. The molecule has 3 heteroatoms. The third-order valence-corrected chi connectivity index (χ3v) is 5.42. The van der Waals surface area contributed by atoms with Gasteiger partial charge < -0.3 is 10.4 Å². The molecule has 0 radical (unpaired) electrons. The van der Waals surface area contributed by atoms with Gasteiger partial charge in [-0.3, -0.25) is 0 Å². The average molecular weight is 281 g/mol. The maximum Gasteiger partial charge on any atom is 0.111 e. The van der Waals surface area contributed by atoms with Crippen LogP contribution in [-0.4, -0.2) is 23.4 Å². The molecule has 2 nitrogen and oxygen atoms in total. The molecule has 0 amide bonds. The predicted octanol–water partition coefficient (Wildman–Crippen LogP) is 4.29. The maximum atomic E-state index is 15.1. The van der Waals surface area contributed by atoms with Gasteiger partial charge in [0.25, 0.3) is 0 Å². The summed E-state index contributed by atoms with van der Waals surface area (Å²) in [5, 5.41) is 12.9. The number of hydrogen-bond acceptors (Lipinski definition) is 2. The smallest absolute Gasteiger partial charge is 0.111 e. The molecule has 20 heavy (non-hydrogen) atoms. The van der Waals surface area contributed by atoms with Crippen molar-refractivity contribution in [3.05, 3.63) is 24.5 Å². The van der Waals surface area contributed by atoms with Crippen LogP contribution in [-0.2, 0) is 0 Å². The van der Waals surface area contributed by atoms with E-state index < -0.39 is 5.67 Å². The van der Waals surface area contributed by atoms with Gasteiger partial charge >= 0.3 is 0 Å². The number of allylic oxidation sites excluding steroid dienone is 1. The van der Waals surface area contributed by atoms with Crippen LogP contribution in [0.1, 0.15) is 52.4 Å². The number of piperidine rings is 1. The van der Waals surface area contributed by atoms with Crippen LogP contribution in [0.4, 0.5) is 4.39 Å². The highest BCUT2D eigenvalue weighted by molar-refractivity contribution is 5.07. The Morgan fingerprint density at radius 3 is 2.70 bits per heavy atom. The Morgan fingerprint density at radius 2 is 2.10 bits per heavy atom. The highest BCUT2D eigenvalue weighted by Crippen LogP contribution is 2.51. The van der Waals surface area contributed by atoms with Gasteiger partial charge in [0.05, 0.1) is 6.04 Å². The lowest BCUT2D eigenvalue weighted by Crippen LogP contribution is -2.55. The standard InChI is InChI=1S/C17H28FNO/c1-12(2)5-6-17(18)8-7-16(4)11-19-15(13(3)20)9-14(16)10-17/h14-15,19-20H,1,3,5-11H2,2,4H3/t14?,15?,16?,17-/m1/s1. The Kier molecular flexibility index (Phi) is 4.29. The third-order valence-electron chi connectivity index (χ3n) is 5.42. The van der Waals surface area contributed by atoms with Crippen molar-refractivity contribution in [3.8, 4) is 0 Å². The van der Waals surface area contributed by atoms with Crippen molar-refractivity contribution in [3.63, 3.8) is 0 Å². The Balaban J connectivity index is 2.04. The van der Waals surface area contributed by atoms with E-state index >= 15 is 4.39 Å². The molecule has 1 aliphatic heterocycles. The first-order valence-corrected chi connectivity index (χ1v) is 7.69. The van der Waals surface area contributed by atoms with E-state index in [4.69, 9.17) is 0 Å². The van der Waals surface area contributed by atoms with Gasteiger partial charge in [-0.15, -0.1) is 6.58 Å². The van der Waals surface area contributed by atoms with Crippen molar-refractivity contribution < 1.29 is 9.50 Å². The molecule has 0 aromatic rings. The van der Waals surface area contributed by atoms with Gasteiger partial charge in [0, 0.05) is 6.54 Å². The van der Waals surface area contributed by atoms with Gasteiger partial charge in [-0.25, -0.2) is 4.39 Å². The average Bonchev–Trinajstić information content (AvgIpc) is 2.37. The van der Waals surface area contributed by atoms with E-state index in [2.05, 4.69) is 25.4 Å². The van der Waals surface area contributed by atoms with Crippen LogP contribution in [0.5, 0.6) is 0 Å². The molecule has 0 spiro atoms. The zero-order valence-corrected chi connectivity index (χ0v) is 12.8. The summed E-state index contributed by atoms with van der Waals surface area (Å²) in [5.41, 5.74) is 0.161. The number of alkyl halides is 1. The summed E-state index contributed by atoms with van der Waals surface area (Å²) in [6, 6.07) is -0.0726. The zero-order valence-electron chi connectivity index (χ0n) is 12.8. The second kappa shape index (κ2) is 5.51. The highest BCUT2D eigenvalue weighted by atomic mass is 19.1. The summed E-state index contributed by atoms with van der Waals surface area (Å²) in [6.45, 7) is 12.6. The minimum atomic E-state index is -1.05. The molecule has 0 bridgehead atoms. The van der Waals surface area contributed by atoms with Crippen LogP contribution in [0, 0.1) is 11.3 Å². The van der Waals surface area contributed by atoms with E-state index in [-0.39, 0.29) is 17.2 Å². The molecule has 3 unspecified atom stereocenters. The fourth-order valence-electron chi connectivity index (χ4n) is 3.75. The molecule has 2 N–H and O–H groups in total. The minimum absolute atomic E-state index is 0.0726. The predicted molar refractivity (Wildman–Crippen MR) is 81.5 cm³/mol. The molecule has 2 fully saturated rings. The van der Waals surface area contributed by atoms with E-state index in [0.717, 1.165) is 31.4 Å². The minimum Gasteiger partial charge on any atom is -0.511 e. The van der Waals surface area contributed by atoms with Crippen LogP contribution < -0.4 is 5.32 Å². The molecule has 1 saturated heterocycles. The van der Waals surface area contributed by atoms with Gasteiger partial charge in [0.15, 0.2) is 0 Å². The molecule has 1 saturated carbocycles. The van der Waals surface area contributed by atoms with E-state index in [0.29, 0.717) is 25.2 Å². The fraction of sp³-hybridized carbons (Fsp3) is 0.765. The molecule has 1 aliphatic carbocycles. The molecule has 114 valence electrons. The molecule has 2 rings (SSSR count). The van der Waals surface area contributed by atoms with E-state index in [1.165, 1.54) is 0 Å². The first kappa shape index (κ1) is 15.6. The Morgan fingerprint density at radius 1 is 1.40 bits per heavy atom. The van der Waals surface area contributed by atoms with Crippen molar-refractivity contribution in [1.29, 1.82) is 0 Å². The molecule has 0 aromatic heterocycles. The second-order valence-electron chi connectivity index (χ2n) is 7.32. The summed E-state index contributed by atoms with van der Waals surface area (Å²) >= 11 is 0. The number of rotatable bonds is 4. The monoisotopic (exact) mass is 281 g/mol. The van der Waals surface area contributed by atoms with Crippen molar-refractivity contribution in [2.45, 2.75) is 64.1 Å². The molecule has 0 aromatic carbocycles. The SMILES string of the molecule is C=C(C)CC[C@@]1(F)CCC2(C)CNC(C(=C)O)CC2C1. The van der Waals surface area contributed by atoms with Gasteiger partial charge in [-0.05, 0) is 56.8 Å². The normalized spacial score (nSPS) is 41.0. The number of hydrogen-bond donors (Lipinski definition) is 2. The van der Waals surface area contributed by atoms with Gasteiger partial charge in [0.2, 0.25) is 0 Å². The Bertz CT molecular complexity index is 408. The molecular weight excluding hydrogens is 253 g/mol. The molecular formula is C17H28FNO. The quantitative estimate of drug-likeness (QED) is 0.595. The number of nitrogens with one attached hydrogen (secondary N) is 1. The summed E-state index contributed by atoms with van der Waals surface area (Å²) < 4.78 is 15.1. The van der Waals surface area contributed by atoms with Gasteiger partial charge in [0.1, 0.15) is 11.4 Å². The summed E-state index contributed by atoms with van der Waals surface area (Å²) in [6.07, 6.45) is 4.34. The Hall–Kier alpha value is -0.830. The largest absolute Gasteiger partial charge is 0.511 e. The summed E-state index contributed by atoms with van der Waals surface area (Å²) in [4.78, 5) is 0. The number of aliphatic hydroxyl groups excluding tert-OH is 1. The van der Waals surface area contributed by atoms with E-state index in [1.54, 1.807) is 0 Å². The van der Waals surface area contributed by atoms with E-state index in [9.17, 15) is 5.11 Å². The first-order valence-electron chi connectivity index (χ1n) is 7.69. The van der Waals surface area contributed by atoms with Crippen LogP contribution in [0.3, 0.4) is 0 Å². The maximum absolute atomic E-state index is 15.1. The van der Waals surface area contributed by atoms with Crippen LogP contribution >= 0.6 is 0 Å². The molecule has 2 aliphatic rings. The molecule has 1 heterocycles. The second-order valence-corrected chi connectivity index (χ2v) is 7.32. The third kappa shape index (κ3) is 3.25. The van der Waals surface area contributed by atoms with Gasteiger partial charge in [-0.2, -0.15) is 0 Å². The van der Waals surface area contributed by atoms with Crippen molar-refractivity contribution in [2.24, 2.45) is 11.3 Å². The van der Waals surface area contributed by atoms with Crippen molar-refractivity contribution >= 4 is 0 Å². The first-order chi connectivity index (χ1) is 9.24. The lowest BCUT2D eigenvalue weighted by molar-refractivity contribution is -0.0342. The topological polar surface area (TPSA) is 32.3 Å². The van der Waals surface area contributed by atoms with Crippen LogP contribution in [0.25, 0.3) is 0 Å². The number of aliphatic hydroxyl groups is 1. The lowest BCUT2D eigenvalue weighted by atomic mass is 9.59. The van der Waals surface area contributed by atoms with E-state index in [1.807, 2.05) is 6.92 Å². The fourth-order valence-corrected chi connectivity index (χ4v) is 3.75. The summed E-state index contributed by atoms with van der Waals surface area (Å²) in [7, 11) is 0.